The molecule has 2 rings (SSSR count). The Hall–Kier alpha value is -1.33. The van der Waals surface area contributed by atoms with Crippen LogP contribution in [0.4, 0.5) is 4.39 Å². The third kappa shape index (κ3) is 3.11. The lowest BCUT2D eigenvalue weighted by molar-refractivity contribution is 0.543. The molecule has 3 nitrogen and oxygen atoms in total. The van der Waals surface area contributed by atoms with Crippen molar-refractivity contribution in [2.24, 2.45) is 0 Å². The minimum absolute atomic E-state index is 0.0532. The summed E-state index contributed by atoms with van der Waals surface area (Å²) in [5.41, 5.74) is 1.45. The lowest BCUT2D eigenvalue weighted by atomic mass is 10.0. The van der Waals surface area contributed by atoms with Crippen molar-refractivity contribution in [2.45, 2.75) is 12.5 Å². The third-order valence-corrected chi connectivity index (χ3v) is 3.21. The molecule has 94 valence electrons. The zero-order valence-electron chi connectivity index (χ0n) is 9.90. The van der Waals surface area contributed by atoms with Crippen molar-refractivity contribution in [2.75, 3.05) is 7.05 Å². The van der Waals surface area contributed by atoms with Crippen LogP contribution in [0.5, 0.6) is 0 Å². The summed E-state index contributed by atoms with van der Waals surface area (Å²) in [5, 5.41) is 3.13. The molecular weight excluding hydrogens is 297 g/mol. The summed E-state index contributed by atoms with van der Waals surface area (Å²) in [6.45, 7) is 0. The summed E-state index contributed by atoms with van der Waals surface area (Å²) in [6.07, 6.45) is 5.48. The molecule has 0 aliphatic carbocycles. The summed E-state index contributed by atoms with van der Waals surface area (Å²) in [4.78, 5) is 8.27. The Bertz CT molecular complexity index is 519. The standard InChI is InChI=1S/C13H13BrFN3/c1-16-12(13-8-17-4-5-18-13)7-9-6-10(14)2-3-11(9)15/h2-6,8,12,16H,7H2,1H3. The lowest BCUT2D eigenvalue weighted by Gasteiger charge is -2.15. The molecule has 0 aliphatic rings. The van der Waals surface area contributed by atoms with E-state index >= 15 is 0 Å². The largest absolute Gasteiger partial charge is 0.311 e. The number of hydrogen-bond acceptors (Lipinski definition) is 3. The van der Waals surface area contributed by atoms with Gasteiger partial charge in [-0.05, 0) is 37.2 Å². The maximum absolute atomic E-state index is 13.7. The predicted molar refractivity (Wildman–Crippen MR) is 71.6 cm³/mol. The maximum atomic E-state index is 13.7. The van der Waals surface area contributed by atoms with Crippen molar-refractivity contribution >= 4 is 15.9 Å². The molecule has 1 unspecified atom stereocenters. The van der Waals surface area contributed by atoms with E-state index < -0.39 is 0 Å². The molecule has 0 aliphatic heterocycles. The van der Waals surface area contributed by atoms with Gasteiger partial charge in [0, 0.05) is 23.1 Å². The van der Waals surface area contributed by atoms with Gasteiger partial charge >= 0.3 is 0 Å². The average molecular weight is 310 g/mol. The summed E-state index contributed by atoms with van der Waals surface area (Å²) >= 11 is 3.35. The van der Waals surface area contributed by atoms with Gasteiger partial charge in [0.05, 0.1) is 11.7 Å². The lowest BCUT2D eigenvalue weighted by Crippen LogP contribution is -2.20. The van der Waals surface area contributed by atoms with Crippen LogP contribution in [0.3, 0.4) is 0 Å². The van der Waals surface area contributed by atoms with Crippen LogP contribution in [0, 0.1) is 5.82 Å². The van der Waals surface area contributed by atoms with Gasteiger partial charge in [-0.3, -0.25) is 9.97 Å². The molecule has 0 saturated carbocycles. The Morgan fingerprint density at radius 2 is 2.22 bits per heavy atom. The van der Waals surface area contributed by atoms with E-state index in [9.17, 15) is 4.39 Å². The molecule has 18 heavy (non-hydrogen) atoms. The molecule has 5 heteroatoms. The van der Waals surface area contributed by atoms with E-state index in [1.54, 1.807) is 30.7 Å². The van der Waals surface area contributed by atoms with Crippen LogP contribution in [0.15, 0.2) is 41.3 Å². The highest BCUT2D eigenvalue weighted by atomic mass is 79.9. The number of rotatable bonds is 4. The van der Waals surface area contributed by atoms with Crippen LogP contribution >= 0.6 is 15.9 Å². The molecule has 2 aromatic rings. The monoisotopic (exact) mass is 309 g/mol. The first-order chi connectivity index (χ1) is 8.70. The normalized spacial score (nSPS) is 12.4. The molecule has 0 fully saturated rings. The predicted octanol–water partition coefficient (Wildman–Crippen LogP) is 2.88. The molecule has 0 saturated heterocycles. The minimum atomic E-state index is -0.206. The number of benzene rings is 1. The van der Waals surface area contributed by atoms with Gasteiger partial charge in [0.15, 0.2) is 0 Å². The molecular formula is C13H13BrFN3. The van der Waals surface area contributed by atoms with Gasteiger partial charge in [-0.1, -0.05) is 15.9 Å². The zero-order chi connectivity index (χ0) is 13.0. The number of nitrogens with zero attached hydrogens (tertiary/aromatic N) is 2. The van der Waals surface area contributed by atoms with Crippen LogP contribution in [-0.4, -0.2) is 17.0 Å². The Morgan fingerprint density at radius 1 is 1.39 bits per heavy atom. The third-order valence-electron chi connectivity index (χ3n) is 2.72. The second-order valence-corrected chi connectivity index (χ2v) is 4.83. The maximum Gasteiger partial charge on any atom is 0.126 e. The SMILES string of the molecule is CNC(Cc1cc(Br)ccc1F)c1cnccn1. The molecule has 1 heterocycles. The van der Waals surface area contributed by atoms with Crippen molar-refractivity contribution in [3.63, 3.8) is 0 Å². The van der Waals surface area contributed by atoms with Gasteiger partial charge in [0.25, 0.3) is 0 Å². The molecule has 0 amide bonds. The first-order valence-electron chi connectivity index (χ1n) is 5.58. The highest BCUT2D eigenvalue weighted by Crippen LogP contribution is 2.21. The van der Waals surface area contributed by atoms with Crippen molar-refractivity contribution in [1.82, 2.24) is 15.3 Å². The van der Waals surface area contributed by atoms with E-state index in [0.717, 1.165) is 10.2 Å². The zero-order valence-corrected chi connectivity index (χ0v) is 11.5. The van der Waals surface area contributed by atoms with E-state index in [1.807, 2.05) is 7.05 Å². The highest BCUT2D eigenvalue weighted by molar-refractivity contribution is 9.10. The molecule has 1 aromatic carbocycles. The minimum Gasteiger partial charge on any atom is -0.311 e. The van der Waals surface area contributed by atoms with Crippen LogP contribution < -0.4 is 5.32 Å². The average Bonchev–Trinajstić information content (AvgIpc) is 2.41. The van der Waals surface area contributed by atoms with E-state index in [4.69, 9.17) is 0 Å². The topological polar surface area (TPSA) is 37.8 Å². The van der Waals surface area contributed by atoms with Crippen LogP contribution in [0.1, 0.15) is 17.3 Å². The highest BCUT2D eigenvalue weighted by Gasteiger charge is 2.14. The number of likely N-dealkylation sites (N-methyl/N-ethyl adjacent to an activating group) is 1. The van der Waals surface area contributed by atoms with E-state index in [-0.39, 0.29) is 11.9 Å². The summed E-state index contributed by atoms with van der Waals surface area (Å²) in [6, 6.07) is 4.89. The van der Waals surface area contributed by atoms with Gasteiger partial charge in [-0.15, -0.1) is 0 Å². The first-order valence-corrected chi connectivity index (χ1v) is 6.37. The Labute approximate surface area is 114 Å². The van der Waals surface area contributed by atoms with Gasteiger partial charge in [-0.25, -0.2) is 4.39 Å². The van der Waals surface area contributed by atoms with Crippen molar-refractivity contribution < 1.29 is 4.39 Å². The van der Waals surface area contributed by atoms with Crippen LogP contribution in [0.25, 0.3) is 0 Å². The molecule has 0 bridgehead atoms. The van der Waals surface area contributed by atoms with E-state index in [1.165, 1.54) is 6.07 Å². The second-order valence-electron chi connectivity index (χ2n) is 3.91. The summed E-state index contributed by atoms with van der Waals surface area (Å²) < 4.78 is 14.6. The van der Waals surface area contributed by atoms with Crippen LogP contribution in [0.2, 0.25) is 0 Å². The number of halogens is 2. The molecule has 1 N–H and O–H groups in total. The number of aromatic nitrogens is 2. The van der Waals surface area contributed by atoms with Crippen molar-refractivity contribution in [3.8, 4) is 0 Å². The Morgan fingerprint density at radius 3 is 2.89 bits per heavy atom. The molecule has 0 spiro atoms. The number of nitrogens with one attached hydrogen (secondary N) is 1. The van der Waals surface area contributed by atoms with Gasteiger partial charge in [0.1, 0.15) is 5.82 Å². The fourth-order valence-electron chi connectivity index (χ4n) is 1.76. The van der Waals surface area contributed by atoms with E-state index in [2.05, 4.69) is 31.2 Å². The summed E-state index contributed by atoms with van der Waals surface area (Å²) in [7, 11) is 1.83. The van der Waals surface area contributed by atoms with Crippen molar-refractivity contribution in [1.29, 1.82) is 0 Å². The van der Waals surface area contributed by atoms with E-state index in [0.29, 0.717) is 12.0 Å². The Kier molecular flexibility index (Phi) is 4.38. The Balaban J connectivity index is 2.23. The van der Waals surface area contributed by atoms with Gasteiger partial charge < -0.3 is 5.32 Å². The smallest absolute Gasteiger partial charge is 0.126 e. The van der Waals surface area contributed by atoms with Crippen molar-refractivity contribution in [3.05, 3.63) is 58.3 Å². The molecule has 1 aromatic heterocycles. The summed E-state index contributed by atoms with van der Waals surface area (Å²) in [5.74, 6) is -0.206. The fourth-order valence-corrected chi connectivity index (χ4v) is 2.17. The van der Waals surface area contributed by atoms with Gasteiger partial charge in [0.2, 0.25) is 0 Å². The molecule has 1 atom stereocenters. The molecule has 0 radical (unpaired) electrons. The van der Waals surface area contributed by atoms with Gasteiger partial charge in [-0.2, -0.15) is 0 Å². The quantitative estimate of drug-likeness (QED) is 0.943. The second kappa shape index (κ2) is 6.02. The fraction of sp³-hybridized carbons (Fsp3) is 0.231. The number of hydrogen-bond donors (Lipinski definition) is 1. The first kappa shape index (κ1) is 13.1. The van der Waals surface area contributed by atoms with Crippen LogP contribution in [-0.2, 0) is 6.42 Å².